The molecule has 3 aromatic rings. The Kier molecular flexibility index (Phi) is 5.64. The lowest BCUT2D eigenvalue weighted by atomic mass is 10.2. The molecule has 0 N–H and O–H groups in total. The van der Waals surface area contributed by atoms with Gasteiger partial charge in [-0.15, -0.1) is 10.2 Å². The molecule has 1 aliphatic rings. The van der Waals surface area contributed by atoms with Gasteiger partial charge in [-0.3, -0.25) is 4.79 Å². The fourth-order valence-corrected chi connectivity index (χ4v) is 3.21. The van der Waals surface area contributed by atoms with E-state index >= 15 is 0 Å². The number of nitrogens with zero attached hydrogens (tertiary/aromatic N) is 6. The number of benzene rings is 1. The van der Waals surface area contributed by atoms with Gasteiger partial charge >= 0.3 is 0 Å². The maximum atomic E-state index is 12.5. The minimum atomic E-state index is 0.0831. The van der Waals surface area contributed by atoms with Gasteiger partial charge in [0.2, 0.25) is 23.6 Å². The van der Waals surface area contributed by atoms with Crippen molar-refractivity contribution in [1.29, 1.82) is 0 Å². The number of carbonyl (C=O) groups is 1. The number of aryl methyl sites for hydroxylation is 1. The second kappa shape index (κ2) is 8.68. The van der Waals surface area contributed by atoms with Crippen molar-refractivity contribution in [3.8, 4) is 17.2 Å². The van der Waals surface area contributed by atoms with Crippen LogP contribution in [0.25, 0.3) is 11.5 Å². The zero-order chi connectivity index (χ0) is 20.1. The molecule has 4 rings (SSSR count). The number of aromatic nitrogens is 4. The van der Waals surface area contributed by atoms with Crippen molar-refractivity contribution in [2.75, 3.05) is 38.2 Å². The third kappa shape index (κ3) is 4.50. The SMILES string of the molecule is COc1cccc(-c2nnc(CCC(=O)N3CCN(c4ncccn4)CC3)o2)c1. The van der Waals surface area contributed by atoms with Gasteiger partial charge < -0.3 is 19.0 Å². The Morgan fingerprint density at radius 2 is 1.90 bits per heavy atom. The summed E-state index contributed by atoms with van der Waals surface area (Å²) in [6.45, 7) is 2.73. The molecule has 29 heavy (non-hydrogen) atoms. The quantitative estimate of drug-likeness (QED) is 0.624. The van der Waals surface area contributed by atoms with Gasteiger partial charge in [0.15, 0.2) is 0 Å². The van der Waals surface area contributed by atoms with Gasteiger partial charge in [-0.1, -0.05) is 6.07 Å². The van der Waals surface area contributed by atoms with Crippen LogP contribution in [-0.4, -0.2) is 64.3 Å². The van der Waals surface area contributed by atoms with Crippen molar-refractivity contribution < 1.29 is 13.9 Å². The third-order valence-electron chi connectivity index (χ3n) is 4.80. The van der Waals surface area contributed by atoms with Crippen LogP contribution in [0.5, 0.6) is 5.75 Å². The van der Waals surface area contributed by atoms with Gasteiger partial charge in [0.05, 0.1) is 7.11 Å². The van der Waals surface area contributed by atoms with Crippen molar-refractivity contribution in [2.24, 2.45) is 0 Å². The van der Waals surface area contributed by atoms with Crippen molar-refractivity contribution >= 4 is 11.9 Å². The molecule has 1 aromatic carbocycles. The molecule has 1 aliphatic heterocycles. The number of piperazine rings is 1. The Hall–Kier alpha value is -3.49. The van der Waals surface area contributed by atoms with Crippen molar-refractivity contribution in [2.45, 2.75) is 12.8 Å². The second-order valence-electron chi connectivity index (χ2n) is 6.65. The van der Waals surface area contributed by atoms with Gasteiger partial charge in [-0.05, 0) is 24.3 Å². The van der Waals surface area contributed by atoms with Crippen molar-refractivity contribution in [1.82, 2.24) is 25.1 Å². The summed E-state index contributed by atoms with van der Waals surface area (Å²) in [6, 6.07) is 9.21. The van der Waals surface area contributed by atoms with E-state index in [-0.39, 0.29) is 5.91 Å². The van der Waals surface area contributed by atoms with Crippen LogP contribution < -0.4 is 9.64 Å². The molecule has 9 heteroatoms. The molecule has 0 aliphatic carbocycles. The number of hydrogen-bond donors (Lipinski definition) is 0. The van der Waals surface area contributed by atoms with Crippen LogP contribution in [0.2, 0.25) is 0 Å². The molecule has 0 bridgehead atoms. The lowest BCUT2D eigenvalue weighted by molar-refractivity contribution is -0.131. The van der Waals surface area contributed by atoms with Gasteiger partial charge in [0.25, 0.3) is 0 Å². The lowest BCUT2D eigenvalue weighted by Crippen LogP contribution is -2.49. The van der Waals surface area contributed by atoms with E-state index in [9.17, 15) is 4.79 Å². The molecule has 2 aromatic heterocycles. The Balaban J connectivity index is 1.29. The summed E-state index contributed by atoms with van der Waals surface area (Å²) < 4.78 is 10.9. The minimum absolute atomic E-state index is 0.0831. The maximum Gasteiger partial charge on any atom is 0.247 e. The van der Waals surface area contributed by atoms with E-state index in [1.165, 1.54) is 0 Å². The molecule has 1 fully saturated rings. The number of carbonyl (C=O) groups excluding carboxylic acids is 1. The van der Waals surface area contributed by atoms with Crippen molar-refractivity contribution in [3.05, 3.63) is 48.6 Å². The van der Waals surface area contributed by atoms with Crippen molar-refractivity contribution in [3.63, 3.8) is 0 Å². The van der Waals surface area contributed by atoms with E-state index in [0.29, 0.717) is 43.7 Å². The molecule has 150 valence electrons. The van der Waals surface area contributed by atoms with Crippen LogP contribution in [0.1, 0.15) is 12.3 Å². The van der Waals surface area contributed by atoms with E-state index in [4.69, 9.17) is 9.15 Å². The summed E-state index contributed by atoms with van der Waals surface area (Å²) in [5.74, 6) is 2.38. The van der Waals surface area contributed by atoms with E-state index in [1.807, 2.05) is 29.2 Å². The average Bonchev–Trinajstić information content (AvgIpc) is 3.27. The first-order valence-corrected chi connectivity index (χ1v) is 9.49. The molecule has 1 saturated heterocycles. The zero-order valence-electron chi connectivity index (χ0n) is 16.2. The smallest absolute Gasteiger partial charge is 0.247 e. The van der Waals surface area contributed by atoms with Crippen LogP contribution in [0.15, 0.2) is 47.1 Å². The summed E-state index contributed by atoms with van der Waals surface area (Å²) in [5.41, 5.74) is 0.786. The Morgan fingerprint density at radius 1 is 1.10 bits per heavy atom. The zero-order valence-corrected chi connectivity index (χ0v) is 16.2. The number of rotatable bonds is 6. The number of ether oxygens (including phenoxy) is 1. The average molecular weight is 394 g/mol. The fraction of sp³-hybridized carbons (Fsp3) is 0.350. The second-order valence-corrected chi connectivity index (χ2v) is 6.65. The molecular formula is C20H22N6O3. The predicted molar refractivity (Wildman–Crippen MR) is 105 cm³/mol. The van der Waals surface area contributed by atoms with E-state index in [0.717, 1.165) is 24.4 Å². The molecule has 1 amide bonds. The predicted octanol–water partition coefficient (Wildman–Crippen LogP) is 1.82. The molecule has 3 heterocycles. The molecule has 0 unspecified atom stereocenters. The minimum Gasteiger partial charge on any atom is -0.497 e. The molecular weight excluding hydrogens is 372 g/mol. The van der Waals surface area contributed by atoms with E-state index in [2.05, 4.69) is 25.1 Å². The third-order valence-corrected chi connectivity index (χ3v) is 4.80. The van der Waals surface area contributed by atoms with Crippen LogP contribution in [0.4, 0.5) is 5.95 Å². The summed E-state index contributed by atoms with van der Waals surface area (Å²) >= 11 is 0. The van der Waals surface area contributed by atoms with Crippen LogP contribution >= 0.6 is 0 Å². The monoisotopic (exact) mass is 394 g/mol. The molecule has 0 saturated carbocycles. The van der Waals surface area contributed by atoms with Crippen LogP contribution in [0.3, 0.4) is 0 Å². The van der Waals surface area contributed by atoms with Gasteiger partial charge in [0.1, 0.15) is 5.75 Å². The molecule has 9 nitrogen and oxygen atoms in total. The summed E-state index contributed by atoms with van der Waals surface area (Å²) in [7, 11) is 1.61. The fourth-order valence-electron chi connectivity index (χ4n) is 3.21. The van der Waals surface area contributed by atoms with Gasteiger partial charge in [0, 0.05) is 57.0 Å². The molecule has 0 atom stereocenters. The highest BCUT2D eigenvalue weighted by molar-refractivity contribution is 5.76. The highest BCUT2D eigenvalue weighted by Crippen LogP contribution is 2.23. The first-order chi connectivity index (χ1) is 14.2. The topological polar surface area (TPSA) is 97.5 Å². The summed E-state index contributed by atoms with van der Waals surface area (Å²) in [4.78, 5) is 25.0. The van der Waals surface area contributed by atoms with Crippen LogP contribution in [-0.2, 0) is 11.2 Å². The number of anilines is 1. The first-order valence-electron chi connectivity index (χ1n) is 9.49. The highest BCUT2D eigenvalue weighted by atomic mass is 16.5. The first kappa shape index (κ1) is 18.9. The normalized spacial score (nSPS) is 14.1. The molecule has 0 radical (unpaired) electrons. The maximum absolute atomic E-state index is 12.5. The number of methoxy groups -OCH3 is 1. The lowest BCUT2D eigenvalue weighted by Gasteiger charge is -2.34. The van der Waals surface area contributed by atoms with E-state index < -0.39 is 0 Å². The Labute approximate surface area is 168 Å². The largest absolute Gasteiger partial charge is 0.497 e. The van der Waals surface area contributed by atoms with E-state index in [1.54, 1.807) is 25.6 Å². The summed E-state index contributed by atoms with van der Waals surface area (Å²) in [6.07, 6.45) is 4.20. The van der Waals surface area contributed by atoms with Gasteiger partial charge in [-0.25, -0.2) is 9.97 Å². The summed E-state index contributed by atoms with van der Waals surface area (Å²) in [5, 5.41) is 8.14. The number of hydrogen-bond acceptors (Lipinski definition) is 8. The molecule has 0 spiro atoms. The Morgan fingerprint density at radius 3 is 2.66 bits per heavy atom. The number of amides is 1. The van der Waals surface area contributed by atoms with Crippen LogP contribution in [0, 0.1) is 0 Å². The van der Waals surface area contributed by atoms with Gasteiger partial charge in [-0.2, -0.15) is 0 Å². The standard InChI is InChI=1S/C20H22N6O3/c1-28-16-5-2-4-15(14-16)19-24-23-17(29-19)6-7-18(27)25-10-12-26(13-11-25)20-21-8-3-9-22-20/h2-5,8-9,14H,6-7,10-13H2,1H3. The Bertz CT molecular complexity index is 954. The highest BCUT2D eigenvalue weighted by Gasteiger charge is 2.22.